The van der Waals surface area contributed by atoms with E-state index in [1.807, 2.05) is 20.8 Å². The molecule has 94 valence electrons. The third-order valence-electron chi connectivity index (χ3n) is 2.61. The number of carbonyl (C=O) groups is 2. The van der Waals surface area contributed by atoms with Gasteiger partial charge in [-0.15, -0.1) is 0 Å². The first-order valence-electron chi connectivity index (χ1n) is 5.87. The lowest BCUT2D eigenvalue weighted by Crippen LogP contribution is -2.35. The van der Waals surface area contributed by atoms with Gasteiger partial charge in [-0.2, -0.15) is 0 Å². The highest BCUT2D eigenvalue weighted by molar-refractivity contribution is 5.78. The molecule has 2 unspecified atom stereocenters. The van der Waals surface area contributed by atoms with Crippen LogP contribution in [-0.2, 0) is 9.59 Å². The molecule has 0 rings (SSSR count). The summed E-state index contributed by atoms with van der Waals surface area (Å²) < 4.78 is 0. The van der Waals surface area contributed by atoms with Gasteiger partial charge in [0, 0.05) is 12.0 Å². The van der Waals surface area contributed by atoms with Gasteiger partial charge in [0.05, 0.1) is 5.92 Å². The Balaban J connectivity index is 3.70. The van der Waals surface area contributed by atoms with Crippen molar-refractivity contribution >= 4 is 11.9 Å². The van der Waals surface area contributed by atoms with E-state index in [1.165, 1.54) is 0 Å². The Bertz CT molecular complexity index is 238. The van der Waals surface area contributed by atoms with Crippen LogP contribution in [0.1, 0.15) is 47.0 Å². The smallest absolute Gasteiger partial charge is 0.306 e. The predicted molar refractivity (Wildman–Crippen MR) is 63.1 cm³/mol. The molecule has 0 aromatic heterocycles. The van der Waals surface area contributed by atoms with E-state index < -0.39 is 5.97 Å². The average molecular weight is 229 g/mol. The van der Waals surface area contributed by atoms with Gasteiger partial charge >= 0.3 is 5.97 Å². The van der Waals surface area contributed by atoms with E-state index in [4.69, 9.17) is 5.11 Å². The highest BCUT2D eigenvalue weighted by Crippen LogP contribution is 2.09. The molecule has 0 fully saturated rings. The minimum atomic E-state index is -0.751. The Hall–Kier alpha value is -1.06. The van der Waals surface area contributed by atoms with Crippen LogP contribution in [0.25, 0.3) is 0 Å². The van der Waals surface area contributed by atoms with Crippen LogP contribution in [0, 0.1) is 11.8 Å². The van der Waals surface area contributed by atoms with E-state index in [9.17, 15) is 9.59 Å². The standard InChI is InChI=1S/C12H23NO3/c1-8(2)11(14)13-10(4)7-5-6-9(3)12(15)16/h8-10H,5-7H2,1-4H3,(H,13,14)(H,15,16). The second-order valence-electron chi connectivity index (χ2n) is 4.73. The third-order valence-corrected chi connectivity index (χ3v) is 2.61. The Morgan fingerprint density at radius 3 is 2.12 bits per heavy atom. The zero-order chi connectivity index (χ0) is 12.7. The summed E-state index contributed by atoms with van der Waals surface area (Å²) in [5.41, 5.74) is 0. The molecule has 0 aromatic carbocycles. The number of carboxylic acid groups (broad SMARTS) is 1. The quantitative estimate of drug-likeness (QED) is 0.702. The lowest BCUT2D eigenvalue weighted by molar-refractivity contribution is -0.141. The topological polar surface area (TPSA) is 66.4 Å². The fourth-order valence-corrected chi connectivity index (χ4v) is 1.34. The van der Waals surface area contributed by atoms with Crippen LogP contribution in [0.3, 0.4) is 0 Å². The largest absolute Gasteiger partial charge is 0.481 e. The zero-order valence-corrected chi connectivity index (χ0v) is 10.6. The molecule has 0 saturated carbocycles. The summed E-state index contributed by atoms with van der Waals surface area (Å²) in [5.74, 6) is -0.994. The minimum absolute atomic E-state index is 0.000364. The fraction of sp³-hybridized carbons (Fsp3) is 0.833. The van der Waals surface area contributed by atoms with E-state index in [1.54, 1.807) is 6.92 Å². The Morgan fingerprint density at radius 2 is 1.69 bits per heavy atom. The maximum absolute atomic E-state index is 11.4. The molecule has 16 heavy (non-hydrogen) atoms. The highest BCUT2D eigenvalue weighted by Gasteiger charge is 2.13. The first kappa shape index (κ1) is 14.9. The summed E-state index contributed by atoms with van der Waals surface area (Å²) in [5, 5.41) is 11.6. The van der Waals surface area contributed by atoms with Crippen LogP contribution in [-0.4, -0.2) is 23.0 Å². The molecular formula is C12H23NO3. The minimum Gasteiger partial charge on any atom is -0.481 e. The van der Waals surface area contributed by atoms with Crippen LogP contribution in [0.2, 0.25) is 0 Å². The Labute approximate surface area is 97.4 Å². The van der Waals surface area contributed by atoms with Crippen molar-refractivity contribution in [3.05, 3.63) is 0 Å². The normalized spacial score (nSPS) is 14.6. The first-order valence-corrected chi connectivity index (χ1v) is 5.87. The van der Waals surface area contributed by atoms with Crippen molar-refractivity contribution in [1.29, 1.82) is 0 Å². The summed E-state index contributed by atoms with van der Waals surface area (Å²) in [6.07, 6.45) is 2.32. The van der Waals surface area contributed by atoms with E-state index in [0.29, 0.717) is 6.42 Å². The highest BCUT2D eigenvalue weighted by atomic mass is 16.4. The molecule has 0 saturated heterocycles. The van der Waals surface area contributed by atoms with Gasteiger partial charge in [-0.25, -0.2) is 0 Å². The maximum Gasteiger partial charge on any atom is 0.306 e. The van der Waals surface area contributed by atoms with E-state index in [0.717, 1.165) is 12.8 Å². The van der Waals surface area contributed by atoms with Crippen molar-refractivity contribution in [3.8, 4) is 0 Å². The number of amides is 1. The number of nitrogens with one attached hydrogen (secondary N) is 1. The molecule has 2 N–H and O–H groups in total. The lowest BCUT2D eigenvalue weighted by Gasteiger charge is -2.16. The van der Waals surface area contributed by atoms with Gasteiger partial charge in [-0.3, -0.25) is 9.59 Å². The van der Waals surface area contributed by atoms with Gasteiger partial charge in [0.2, 0.25) is 5.91 Å². The molecule has 0 aliphatic heterocycles. The van der Waals surface area contributed by atoms with Crippen molar-refractivity contribution < 1.29 is 14.7 Å². The number of hydrogen-bond acceptors (Lipinski definition) is 2. The third kappa shape index (κ3) is 6.43. The SMILES string of the molecule is CC(CCCC(C)C(=O)O)NC(=O)C(C)C. The van der Waals surface area contributed by atoms with Crippen LogP contribution >= 0.6 is 0 Å². The van der Waals surface area contributed by atoms with Gasteiger partial charge in [-0.1, -0.05) is 27.2 Å². The summed E-state index contributed by atoms with van der Waals surface area (Å²) in [4.78, 5) is 21.9. The van der Waals surface area contributed by atoms with Crippen LogP contribution < -0.4 is 5.32 Å². The number of rotatable bonds is 7. The van der Waals surface area contributed by atoms with E-state index in [2.05, 4.69) is 5.32 Å². The molecule has 1 amide bonds. The van der Waals surface area contributed by atoms with Crippen molar-refractivity contribution in [1.82, 2.24) is 5.32 Å². The van der Waals surface area contributed by atoms with Gasteiger partial charge in [0.1, 0.15) is 0 Å². The maximum atomic E-state index is 11.4. The van der Waals surface area contributed by atoms with Crippen molar-refractivity contribution in [2.45, 2.75) is 53.0 Å². The Kier molecular flexibility index (Phi) is 6.77. The molecule has 0 radical (unpaired) electrons. The molecule has 0 aliphatic carbocycles. The molecule has 4 heteroatoms. The Morgan fingerprint density at radius 1 is 1.12 bits per heavy atom. The van der Waals surface area contributed by atoms with Crippen LogP contribution in [0.15, 0.2) is 0 Å². The van der Waals surface area contributed by atoms with Gasteiger partial charge in [-0.05, 0) is 19.8 Å². The monoisotopic (exact) mass is 229 g/mol. The number of aliphatic carboxylic acids is 1. The molecule has 0 spiro atoms. The van der Waals surface area contributed by atoms with Gasteiger partial charge in [0.15, 0.2) is 0 Å². The van der Waals surface area contributed by atoms with E-state index in [-0.39, 0.29) is 23.8 Å². The summed E-state index contributed by atoms with van der Waals surface area (Å²) >= 11 is 0. The summed E-state index contributed by atoms with van der Waals surface area (Å²) in [6, 6.07) is 0.121. The zero-order valence-electron chi connectivity index (χ0n) is 10.6. The number of hydrogen-bond donors (Lipinski definition) is 2. The van der Waals surface area contributed by atoms with Crippen molar-refractivity contribution in [2.24, 2.45) is 11.8 Å². The molecule has 0 bridgehead atoms. The molecule has 4 nitrogen and oxygen atoms in total. The molecule has 2 atom stereocenters. The molecule has 0 heterocycles. The average Bonchev–Trinajstić information content (AvgIpc) is 2.16. The van der Waals surface area contributed by atoms with Crippen molar-refractivity contribution in [3.63, 3.8) is 0 Å². The summed E-state index contributed by atoms with van der Waals surface area (Å²) in [7, 11) is 0. The van der Waals surface area contributed by atoms with E-state index >= 15 is 0 Å². The van der Waals surface area contributed by atoms with Crippen LogP contribution in [0.5, 0.6) is 0 Å². The van der Waals surface area contributed by atoms with Crippen molar-refractivity contribution in [2.75, 3.05) is 0 Å². The second-order valence-corrected chi connectivity index (χ2v) is 4.73. The fourth-order valence-electron chi connectivity index (χ4n) is 1.34. The predicted octanol–water partition coefficient (Wildman–Crippen LogP) is 2.04. The summed E-state index contributed by atoms with van der Waals surface area (Å²) in [6.45, 7) is 7.37. The van der Waals surface area contributed by atoms with Gasteiger partial charge < -0.3 is 10.4 Å². The number of carboxylic acids is 1. The first-order chi connectivity index (χ1) is 7.34. The second kappa shape index (κ2) is 7.25. The lowest BCUT2D eigenvalue weighted by atomic mass is 10.0. The van der Waals surface area contributed by atoms with Crippen LogP contribution in [0.4, 0.5) is 0 Å². The molecule has 0 aromatic rings. The number of carbonyl (C=O) groups excluding carboxylic acids is 1. The molecular weight excluding hydrogens is 206 g/mol. The van der Waals surface area contributed by atoms with Gasteiger partial charge in [0.25, 0.3) is 0 Å². The molecule has 0 aliphatic rings.